The smallest absolute Gasteiger partial charge is 0.397 e. The highest BCUT2D eigenvalue weighted by atomic mass is 79.9. The predicted octanol–water partition coefficient (Wildman–Crippen LogP) is -5.26. The molecule has 10 heterocycles. The monoisotopic (exact) mass is 2240 g/mol. The number of phosphoric ester groups is 4. The van der Waals surface area contributed by atoms with Gasteiger partial charge in [0.05, 0.1) is 27.3 Å². The third-order valence-electron chi connectivity index (χ3n) is 15.1. The molecule has 24 atom stereocenters. The number of alkyl halides is 4. The maximum absolute atomic E-state index is 15.2. The number of aliphatic hydroxyl groups excluding tert-OH is 7. The highest BCUT2D eigenvalue weighted by molar-refractivity contribution is 9.10. The largest absolute Gasteiger partial charge is 0.490 e. The molecule has 4 saturated heterocycles. The van der Waals surface area contributed by atoms with Gasteiger partial charge in [-0.05, 0) is 44.8 Å². The van der Waals surface area contributed by atoms with Gasteiger partial charge in [-0.3, -0.25) is 65.7 Å². The fourth-order valence-electron chi connectivity index (χ4n) is 10.1. The maximum Gasteiger partial charge on any atom is 0.490 e. The second kappa shape index (κ2) is 39.5. The summed E-state index contributed by atoms with van der Waals surface area (Å²) >= 11 is 5.56. The van der Waals surface area contributed by atoms with E-state index in [-0.39, 0.29) is 42.9 Å². The fraction of sp³-hybridized carbons (Fsp3) is 0.525. The molecule has 0 aliphatic carbocycles. The number of phosphoric acid groups is 12. The van der Waals surface area contributed by atoms with E-state index in [0.29, 0.717) is 9.13 Å². The Kier molecular flexibility index (Phi) is 34.2. The normalized spacial score (nSPS) is 30.8. The molecule has 0 spiro atoms. The molecule has 0 aromatic carbocycles. The van der Waals surface area contributed by atoms with Crippen molar-refractivity contribution in [3.8, 4) is 0 Å². The number of aliphatic hydroxyl groups is 8. The standard InChI is InChI=1S/C11H16FN4O13P3.C10H15BrFN2O15P3.C10H15FN5O14P3.C9H13BrFN2O15P3/c12-11(3-26-31(22,23)29-32(24,25)28-30(19,20)21)8(18)7(17)10(27-11)16-4-15-6-5(13)1-2-14-9(6)16;1-9(18)6(16)10(12,27-7(9)14-2-4(11)5(15)13-8(14)17)3-26-31(22,23)29-32(24,25)28-30(19,20)21;11-10(1-27-32(23,24)30-33(25,26)29-31(20,21)22)5(18)4(17)8(28-10)16-2-13-3-6(16)14-9(12)15-7(3)19;10-3-1-13(8(17)12-6(3)16)7-4(14)5(15)9(11,26-7)2-25-30(21,22)28-31(23,24)27-29(18,19)20/h1-2,4,7-8,10,17-18H,3H2,(H2,13,14)(H,22,23)(H,24,25)(H2,19,20,21);2,6-7,16,18H,3H2,1H3,(H,22,23)(H,24,25)(H,13,15,17)(H2,19,20,21);2,4-5,8,17-18H,1H2,(H,23,24)(H,25,26)(H2,20,21,22)(H3,12,14,15,19);1,4-5,7,14-15H,2H2,(H,21,22)(H,23,24)(H,12,16,17)(H2,18,19,20)/t7-,8+,10-,11-;6-,7+,9+,10+;4-,5+,8-,10-;4-,5+,7-,9-/m1011/s1. The molecule has 8 unspecified atom stereocenters. The van der Waals surface area contributed by atoms with Crippen molar-refractivity contribution in [3.63, 3.8) is 0 Å². The highest BCUT2D eigenvalue weighted by Gasteiger charge is 2.65. The quantitative estimate of drug-likeness (QED) is 0.0139. The maximum atomic E-state index is 15.2. The molecule has 4 aliphatic rings. The summed E-state index contributed by atoms with van der Waals surface area (Å²) in [6.45, 7) is -6.09. The van der Waals surface area contributed by atoms with Crippen LogP contribution in [0.3, 0.4) is 0 Å². The van der Waals surface area contributed by atoms with Crippen molar-refractivity contribution in [2.45, 2.75) is 104 Å². The SMILES string of the molecule is C[C@]1(O)[C@H](n2cc(Br)c(=O)[nH]c2=O)O[C@](F)(COP(=O)(O)OP(=O)(O)OP(=O)(O)O)[C@H]1O.Nc1ccnc2c1ncn2[C@@H]1O[C@](F)(COP(=O)(O)OP(=O)(O)OP(=O)(O)O)[C@@H](O)[C@H]1O.Nc1nc2c(ncn2[C@@H]2O[C@](F)(COP(=O)(O)OP(=O)(O)OP(=O)(O)O)[C@@H](O)[C@H]2O)c(=O)[nH]1.O=c1[nH]c(=O)n([C@@H]2O[C@](F)(COP(=O)(O)OP(=O)(O)OP(=O)(O)O)[C@@H](O)[C@H]2O)cc1Br. The first-order valence-corrected chi connectivity index (χ1v) is 51.1. The molecule has 6 aromatic heterocycles. The second-order valence-electron chi connectivity index (χ2n) is 24.8. The topological polar surface area (TPSA) is 1090 Å². The number of halogens is 6. The first kappa shape index (κ1) is 111. The van der Waals surface area contributed by atoms with Crippen LogP contribution in [0.4, 0.5) is 29.2 Å². The van der Waals surface area contributed by atoms with Crippen LogP contribution in [-0.4, -0.2) is 270 Å². The molecule has 31 N–H and O–H groups in total. The molecule has 0 amide bonds. The van der Waals surface area contributed by atoms with Crippen LogP contribution >= 0.6 is 126 Å². The molecular formula is C40H59Br2F4N13O57P12. The molecule has 10 rings (SSSR count). The minimum absolute atomic E-state index is 0.0402. The Balaban J connectivity index is 0.000000234. The van der Waals surface area contributed by atoms with Gasteiger partial charge >= 0.3 is 105 Å². The molecule has 4 aliphatic heterocycles. The van der Waals surface area contributed by atoms with Crippen LogP contribution < -0.4 is 39.5 Å². The molecule has 88 heteroatoms. The number of anilines is 2. The van der Waals surface area contributed by atoms with E-state index in [1.807, 2.05) is 0 Å². The number of fused-ring (bicyclic) bond motifs is 2. The number of ether oxygens (including phenoxy) is 4. The zero-order valence-electron chi connectivity index (χ0n) is 60.7. The van der Waals surface area contributed by atoms with Crippen molar-refractivity contribution in [1.82, 2.24) is 53.2 Å². The number of imidazole rings is 2. The van der Waals surface area contributed by atoms with Crippen LogP contribution in [0.25, 0.3) is 22.3 Å². The van der Waals surface area contributed by atoms with Crippen molar-refractivity contribution in [2.24, 2.45) is 0 Å². The number of nitrogens with zero attached hydrogens (tertiary/aromatic N) is 8. The summed E-state index contributed by atoms with van der Waals surface area (Å²) in [4.78, 5) is 221. The van der Waals surface area contributed by atoms with E-state index in [0.717, 1.165) is 41.1 Å². The van der Waals surface area contributed by atoms with Gasteiger partial charge in [0.2, 0.25) is 5.95 Å². The van der Waals surface area contributed by atoms with E-state index in [1.165, 1.54) is 12.3 Å². The lowest BCUT2D eigenvalue weighted by molar-refractivity contribution is -0.205. The lowest BCUT2D eigenvalue weighted by Gasteiger charge is -2.27. The van der Waals surface area contributed by atoms with Gasteiger partial charge in [0.1, 0.15) is 80.3 Å². The molecule has 6 aromatic rings. The zero-order valence-corrected chi connectivity index (χ0v) is 74.6. The van der Waals surface area contributed by atoms with Gasteiger partial charge in [-0.15, -0.1) is 0 Å². The molecule has 728 valence electrons. The van der Waals surface area contributed by atoms with E-state index in [9.17, 15) is 144 Å². The third kappa shape index (κ3) is 28.9. The number of hydrogen-bond acceptors (Lipinski definition) is 47. The zero-order chi connectivity index (χ0) is 98.0. The number of pyridine rings is 1. The summed E-state index contributed by atoms with van der Waals surface area (Å²) in [7, 11) is -69.1. The van der Waals surface area contributed by atoms with Gasteiger partial charge in [0, 0.05) is 18.6 Å². The first-order chi connectivity index (χ1) is 57.5. The van der Waals surface area contributed by atoms with Gasteiger partial charge in [0.25, 0.3) is 40.1 Å². The van der Waals surface area contributed by atoms with Crippen LogP contribution in [0.15, 0.2) is 70.2 Å². The molecule has 4 fully saturated rings. The minimum atomic E-state index is -5.90. The lowest BCUT2D eigenvalue weighted by atomic mass is 9.95. The number of hydrogen-bond donors (Lipinski definition) is 29. The fourth-order valence-corrected chi connectivity index (χ4v) is 22.9. The van der Waals surface area contributed by atoms with Crippen molar-refractivity contribution in [3.05, 3.63) is 98.3 Å². The van der Waals surface area contributed by atoms with Crippen LogP contribution in [0.5, 0.6) is 0 Å². The molecule has 0 radical (unpaired) electrons. The number of aromatic nitrogens is 11. The Morgan fingerprint density at radius 3 is 1.07 bits per heavy atom. The Hall–Kier alpha value is -4.23. The number of nitrogens with two attached hydrogens (primary N) is 2. The Morgan fingerprint density at radius 2 is 0.727 bits per heavy atom. The van der Waals surface area contributed by atoms with Crippen LogP contribution in [0.1, 0.15) is 31.8 Å². The van der Waals surface area contributed by atoms with Gasteiger partial charge in [0.15, 0.2) is 41.7 Å². The van der Waals surface area contributed by atoms with Crippen LogP contribution in [0.2, 0.25) is 0 Å². The summed E-state index contributed by atoms with van der Waals surface area (Å²) in [5, 5.41) is 80.9. The summed E-state index contributed by atoms with van der Waals surface area (Å²) < 4.78 is 260. The number of aromatic amines is 3. The van der Waals surface area contributed by atoms with Crippen molar-refractivity contribution >= 4 is 160 Å². The van der Waals surface area contributed by atoms with E-state index in [2.05, 4.69) is 109 Å². The third-order valence-corrected chi connectivity index (χ3v) is 31.4. The Labute approximate surface area is 712 Å². The van der Waals surface area contributed by atoms with Crippen LogP contribution in [-0.2, 0) is 126 Å². The molecular weight excluding hydrogens is 2180 g/mol. The van der Waals surface area contributed by atoms with Gasteiger partial charge in [-0.1, -0.05) is 0 Å². The van der Waals surface area contributed by atoms with Crippen LogP contribution in [0, 0.1) is 0 Å². The molecule has 70 nitrogen and oxygen atoms in total. The second-order valence-corrected chi connectivity index (χ2v) is 44.2. The number of H-pyrrole nitrogens is 3. The van der Waals surface area contributed by atoms with E-state index in [4.69, 9.17) is 89.1 Å². The summed E-state index contributed by atoms with van der Waals surface area (Å²) in [6.07, 6.45) is -18.9. The molecule has 128 heavy (non-hydrogen) atoms. The number of nitrogen functional groups attached to an aromatic ring is 2. The Bertz CT molecular complexity index is 6110. The van der Waals surface area contributed by atoms with Crippen molar-refractivity contribution in [1.29, 1.82) is 0 Å². The minimum Gasteiger partial charge on any atom is -0.397 e. The van der Waals surface area contributed by atoms with Crippen molar-refractivity contribution < 1.29 is 263 Å². The van der Waals surface area contributed by atoms with Gasteiger partial charge in [-0.25, -0.2) is 96.9 Å². The van der Waals surface area contributed by atoms with E-state index < -0.39 is 245 Å². The highest BCUT2D eigenvalue weighted by Crippen LogP contribution is 2.71. The van der Waals surface area contributed by atoms with Gasteiger partial charge < -0.3 is 150 Å². The molecule has 0 bridgehead atoms. The van der Waals surface area contributed by atoms with E-state index >= 15 is 13.2 Å². The van der Waals surface area contributed by atoms with E-state index in [1.54, 1.807) is 9.97 Å². The summed E-state index contributed by atoms with van der Waals surface area (Å²) in [5.74, 6) is -14.3. The first-order valence-electron chi connectivity index (χ1n) is 31.4. The Morgan fingerprint density at radius 1 is 0.422 bits per heavy atom. The van der Waals surface area contributed by atoms with Gasteiger partial charge in [-0.2, -0.15) is 39.5 Å². The number of rotatable bonds is 32. The predicted molar refractivity (Wildman–Crippen MR) is 390 cm³/mol. The average molecular weight is 2240 g/mol. The summed E-state index contributed by atoms with van der Waals surface area (Å²) in [6, 6.07) is 1.42. The molecule has 0 saturated carbocycles. The van der Waals surface area contributed by atoms with Crippen molar-refractivity contribution in [2.75, 3.05) is 37.9 Å². The summed E-state index contributed by atoms with van der Waals surface area (Å²) in [5.41, 5.74) is 3.41. The number of nitrogens with one attached hydrogen (secondary N) is 3. The lowest BCUT2D eigenvalue weighted by Crippen LogP contribution is -2.50. The average Bonchev–Trinajstić information content (AvgIpc) is 1.59.